The van der Waals surface area contributed by atoms with Crippen LogP contribution >= 0.6 is 11.3 Å². The summed E-state index contributed by atoms with van der Waals surface area (Å²) in [5, 5.41) is 8.98. The average molecular weight is 678 g/mol. The molecule has 2 aliphatic rings. The number of ether oxygens (including phenoxy) is 1. The summed E-state index contributed by atoms with van der Waals surface area (Å²) in [5.41, 5.74) is 1.61. The number of likely N-dealkylation sites (N-methyl/N-ethyl adjacent to an activating group) is 2. The van der Waals surface area contributed by atoms with Gasteiger partial charge in [0.05, 0.1) is 27.9 Å². The molecule has 248 valence electrons. The maximum absolute atomic E-state index is 16.8. The van der Waals surface area contributed by atoms with Gasteiger partial charge >= 0.3 is 12.2 Å². The molecule has 2 N–H and O–H groups in total. The number of amides is 1. The summed E-state index contributed by atoms with van der Waals surface area (Å²) >= 11 is 0.662. The Hall–Kier alpha value is -4.36. The standard InChI is InChI=1S/C31H29F6N7O2S/c1-42(2)21(45)13-43(3)28-17-9-19(31(35,36)37)23(16-5-6-20(33)26-22(16)18(11-38)27(39)47-26)24(34)25(17)40-29(41-28)46-14-30-7-4-8-44(30)12-15(32)10-30/h5-6,9,15H,4,7-8,10,12-14,39H2,1-3H3/t15-,30+/m1/s1. The molecular weight excluding hydrogens is 648 g/mol. The van der Waals surface area contributed by atoms with Crippen molar-refractivity contribution < 1.29 is 35.9 Å². The summed E-state index contributed by atoms with van der Waals surface area (Å²) in [4.78, 5) is 25.7. The first-order valence-corrected chi connectivity index (χ1v) is 15.4. The number of aromatic nitrogens is 2. The van der Waals surface area contributed by atoms with Crippen molar-refractivity contribution in [2.45, 2.75) is 37.1 Å². The topological polar surface area (TPSA) is 112 Å². The predicted octanol–water partition coefficient (Wildman–Crippen LogP) is 5.74. The number of nitriles is 1. The first-order valence-electron chi connectivity index (χ1n) is 14.6. The van der Waals surface area contributed by atoms with Crippen LogP contribution in [0.5, 0.6) is 6.01 Å². The number of hydrogen-bond donors (Lipinski definition) is 1. The maximum Gasteiger partial charge on any atom is 0.417 e. The van der Waals surface area contributed by atoms with Gasteiger partial charge in [-0.05, 0) is 37.1 Å². The molecule has 0 spiro atoms. The van der Waals surface area contributed by atoms with Gasteiger partial charge in [-0.3, -0.25) is 9.69 Å². The van der Waals surface area contributed by atoms with Gasteiger partial charge in [0.25, 0.3) is 0 Å². The molecule has 1 amide bonds. The van der Waals surface area contributed by atoms with Crippen LogP contribution in [0.1, 0.15) is 30.4 Å². The van der Waals surface area contributed by atoms with E-state index in [-0.39, 0.29) is 64.0 Å². The molecule has 16 heteroatoms. The number of nitrogens with two attached hydrogens (primary N) is 1. The van der Waals surface area contributed by atoms with Crippen LogP contribution in [0.15, 0.2) is 18.2 Å². The summed E-state index contributed by atoms with van der Waals surface area (Å²) in [6.07, 6.45) is -4.53. The van der Waals surface area contributed by atoms with Crippen molar-refractivity contribution >= 4 is 49.1 Å². The molecule has 2 aromatic heterocycles. The summed E-state index contributed by atoms with van der Waals surface area (Å²) in [5.74, 6) is -2.90. The van der Waals surface area contributed by atoms with Crippen LogP contribution in [0.25, 0.3) is 32.1 Å². The lowest BCUT2D eigenvalue weighted by Crippen LogP contribution is -2.43. The molecule has 47 heavy (non-hydrogen) atoms. The Balaban J connectivity index is 1.59. The molecule has 4 aromatic rings. The number of fused-ring (bicyclic) bond motifs is 3. The Morgan fingerprint density at radius 3 is 2.68 bits per heavy atom. The van der Waals surface area contributed by atoms with Gasteiger partial charge in [-0.2, -0.15) is 28.4 Å². The summed E-state index contributed by atoms with van der Waals surface area (Å²) in [6, 6.07) is 3.92. The molecule has 4 heterocycles. The second kappa shape index (κ2) is 11.7. The molecule has 2 aliphatic heterocycles. The second-order valence-corrected chi connectivity index (χ2v) is 13.1. The summed E-state index contributed by atoms with van der Waals surface area (Å²) < 4.78 is 96.2. The van der Waals surface area contributed by atoms with Crippen molar-refractivity contribution in [1.29, 1.82) is 5.26 Å². The number of rotatable bonds is 7. The number of halogens is 6. The first kappa shape index (κ1) is 32.6. The van der Waals surface area contributed by atoms with E-state index in [0.29, 0.717) is 30.4 Å². The van der Waals surface area contributed by atoms with Gasteiger partial charge in [0.1, 0.15) is 41.0 Å². The van der Waals surface area contributed by atoms with Gasteiger partial charge in [-0.1, -0.05) is 6.07 Å². The van der Waals surface area contributed by atoms with E-state index >= 15 is 4.39 Å². The van der Waals surface area contributed by atoms with Crippen LogP contribution in [-0.4, -0.2) is 84.8 Å². The van der Waals surface area contributed by atoms with Crippen molar-refractivity contribution in [1.82, 2.24) is 19.8 Å². The Morgan fingerprint density at radius 1 is 1.26 bits per heavy atom. The van der Waals surface area contributed by atoms with E-state index in [4.69, 9.17) is 10.5 Å². The lowest BCUT2D eigenvalue weighted by molar-refractivity contribution is -0.137. The number of nitrogen functional groups attached to an aromatic ring is 1. The van der Waals surface area contributed by atoms with Crippen LogP contribution in [0.3, 0.4) is 0 Å². The minimum absolute atomic E-state index is 0.0495. The Kier molecular flexibility index (Phi) is 8.12. The average Bonchev–Trinajstić information content (AvgIpc) is 3.65. The first-order chi connectivity index (χ1) is 22.1. The monoisotopic (exact) mass is 677 g/mol. The van der Waals surface area contributed by atoms with Crippen molar-refractivity contribution in [3.05, 3.63) is 41.0 Å². The highest BCUT2D eigenvalue weighted by atomic mass is 32.1. The fourth-order valence-corrected chi connectivity index (χ4v) is 7.56. The minimum atomic E-state index is -5.14. The second-order valence-electron chi connectivity index (χ2n) is 12.1. The molecule has 9 nitrogen and oxygen atoms in total. The smallest absolute Gasteiger partial charge is 0.417 e. The van der Waals surface area contributed by atoms with Crippen molar-refractivity contribution in [3.8, 4) is 23.2 Å². The highest BCUT2D eigenvalue weighted by Gasteiger charge is 2.49. The highest BCUT2D eigenvalue weighted by molar-refractivity contribution is 7.23. The quantitative estimate of drug-likeness (QED) is 0.247. The van der Waals surface area contributed by atoms with Gasteiger partial charge in [-0.15, -0.1) is 11.3 Å². The van der Waals surface area contributed by atoms with Gasteiger partial charge in [0, 0.05) is 50.4 Å². The van der Waals surface area contributed by atoms with E-state index in [1.807, 2.05) is 4.90 Å². The third-order valence-corrected chi connectivity index (χ3v) is 9.89. The zero-order chi connectivity index (χ0) is 34.0. The zero-order valence-corrected chi connectivity index (χ0v) is 26.3. The Bertz CT molecular complexity index is 1960. The summed E-state index contributed by atoms with van der Waals surface area (Å²) in [6.45, 7) is 0.532. The molecule has 0 aliphatic carbocycles. The van der Waals surface area contributed by atoms with Gasteiger partial charge < -0.3 is 20.3 Å². The molecule has 2 atom stereocenters. The van der Waals surface area contributed by atoms with E-state index < -0.39 is 57.6 Å². The number of benzene rings is 2. The lowest BCUT2D eigenvalue weighted by Gasteiger charge is -2.31. The Labute approximate surface area is 269 Å². The van der Waals surface area contributed by atoms with E-state index in [9.17, 15) is 32.0 Å². The van der Waals surface area contributed by atoms with Gasteiger partial charge in [0.2, 0.25) is 5.91 Å². The zero-order valence-electron chi connectivity index (χ0n) is 25.5. The number of anilines is 2. The molecular formula is C31H29F6N7O2S. The molecule has 0 bridgehead atoms. The maximum atomic E-state index is 16.8. The largest absolute Gasteiger partial charge is 0.461 e. The fraction of sp³-hybridized carbons (Fsp3) is 0.419. The van der Waals surface area contributed by atoms with Crippen LogP contribution in [0, 0.1) is 23.0 Å². The number of nitrogens with zero attached hydrogens (tertiary/aromatic N) is 6. The van der Waals surface area contributed by atoms with Gasteiger partial charge in [-0.25, -0.2) is 13.2 Å². The molecule has 0 saturated carbocycles. The molecule has 2 fully saturated rings. The Morgan fingerprint density at radius 2 is 2.00 bits per heavy atom. The van der Waals surface area contributed by atoms with E-state index in [2.05, 4.69) is 9.97 Å². The third-order valence-electron chi connectivity index (χ3n) is 8.86. The lowest BCUT2D eigenvalue weighted by atomic mass is 9.92. The fourth-order valence-electron chi connectivity index (χ4n) is 6.61. The van der Waals surface area contributed by atoms with Crippen molar-refractivity contribution in [2.75, 3.05) is 58.0 Å². The molecule has 2 aromatic carbocycles. The minimum Gasteiger partial charge on any atom is -0.461 e. The van der Waals surface area contributed by atoms with Crippen molar-refractivity contribution in [2.24, 2.45) is 0 Å². The van der Waals surface area contributed by atoms with Crippen molar-refractivity contribution in [3.63, 3.8) is 0 Å². The number of carbonyl (C=O) groups is 1. The van der Waals surface area contributed by atoms with E-state index in [1.165, 1.54) is 30.9 Å². The predicted molar refractivity (Wildman–Crippen MR) is 165 cm³/mol. The van der Waals surface area contributed by atoms with Crippen LogP contribution < -0.4 is 15.4 Å². The van der Waals surface area contributed by atoms with Gasteiger partial charge in [0.15, 0.2) is 5.82 Å². The number of alkyl halides is 4. The SMILES string of the molecule is CN(C)C(=O)CN(C)c1nc(OC[C@@]23CCCN2C[C@H](F)C3)nc2c(F)c(-c3ccc(F)c4sc(N)c(C#N)c34)c(C(F)(F)F)cc12. The highest BCUT2D eigenvalue weighted by Crippen LogP contribution is 2.48. The van der Waals surface area contributed by atoms with E-state index in [1.54, 1.807) is 6.07 Å². The number of carbonyl (C=O) groups excluding carboxylic acids is 1. The third kappa shape index (κ3) is 5.54. The molecule has 0 unspecified atom stereocenters. The number of hydrogen-bond acceptors (Lipinski definition) is 9. The molecule has 6 rings (SSSR count). The van der Waals surface area contributed by atoms with Crippen LogP contribution in [0.4, 0.5) is 37.2 Å². The normalized spacial score (nSPS) is 19.7. The van der Waals surface area contributed by atoms with Crippen LogP contribution in [0.2, 0.25) is 0 Å². The molecule has 2 saturated heterocycles. The summed E-state index contributed by atoms with van der Waals surface area (Å²) in [7, 11) is 4.41. The molecule has 0 radical (unpaired) electrons. The van der Waals surface area contributed by atoms with E-state index in [0.717, 1.165) is 18.6 Å². The number of thiophene rings is 1. The van der Waals surface area contributed by atoms with Crippen LogP contribution in [-0.2, 0) is 11.0 Å².